The van der Waals surface area contributed by atoms with E-state index in [1.54, 1.807) is 0 Å². The molecule has 0 saturated carbocycles. The van der Waals surface area contributed by atoms with Crippen LogP contribution in [-0.4, -0.2) is 5.78 Å². The maximum atomic E-state index is 12.8. The molecule has 0 N–H and O–H groups in total. The Labute approximate surface area is 178 Å². The normalized spacial score (nSPS) is 12.4. The van der Waals surface area contributed by atoms with Crippen LogP contribution in [0.5, 0.6) is 0 Å². The molecule has 1 atom stereocenters. The van der Waals surface area contributed by atoms with E-state index in [1.807, 2.05) is 0 Å². The second-order valence-corrected chi connectivity index (χ2v) is 9.15. The molecule has 168 valence electrons. The zero-order valence-corrected chi connectivity index (χ0v) is 20.0. The average Bonchev–Trinajstić information content (AvgIpc) is 2.70. The summed E-state index contributed by atoms with van der Waals surface area (Å²) in [4.78, 5) is 12.8. The topological polar surface area (TPSA) is 17.1 Å². The summed E-state index contributed by atoms with van der Waals surface area (Å²) in [7, 11) is 0. The van der Waals surface area contributed by atoms with Gasteiger partial charge in [0.2, 0.25) is 0 Å². The first kappa shape index (κ1) is 27.7. The van der Waals surface area contributed by atoms with E-state index in [1.165, 1.54) is 116 Å². The van der Waals surface area contributed by atoms with Crippen molar-refractivity contribution in [3.8, 4) is 0 Å². The van der Waals surface area contributed by atoms with E-state index in [2.05, 4.69) is 20.8 Å². The van der Waals surface area contributed by atoms with Gasteiger partial charge >= 0.3 is 0 Å². The Morgan fingerprint density at radius 3 is 1.21 bits per heavy atom. The SMILES string of the molecule is CCCCCCCCCCCC(=O)C(CCCCCC)CCCCCCCC. The third kappa shape index (κ3) is 19.0. The van der Waals surface area contributed by atoms with Crippen LogP contribution in [0.4, 0.5) is 0 Å². The van der Waals surface area contributed by atoms with Crippen LogP contribution in [0, 0.1) is 5.92 Å². The van der Waals surface area contributed by atoms with Gasteiger partial charge in [-0.25, -0.2) is 0 Å². The Hall–Kier alpha value is -0.330. The van der Waals surface area contributed by atoms with Crippen LogP contribution in [-0.2, 0) is 4.79 Å². The maximum Gasteiger partial charge on any atom is 0.135 e. The molecule has 0 aromatic heterocycles. The number of carbonyl (C=O) groups is 1. The molecule has 0 aliphatic heterocycles. The van der Waals surface area contributed by atoms with Crippen molar-refractivity contribution >= 4 is 5.78 Å². The smallest absolute Gasteiger partial charge is 0.135 e. The van der Waals surface area contributed by atoms with E-state index >= 15 is 0 Å². The summed E-state index contributed by atoms with van der Waals surface area (Å²) in [6.45, 7) is 6.82. The first-order valence-corrected chi connectivity index (χ1v) is 13.3. The Bertz CT molecular complexity index is 309. The van der Waals surface area contributed by atoms with Crippen LogP contribution in [0.1, 0.15) is 162 Å². The first-order valence-electron chi connectivity index (χ1n) is 13.3. The van der Waals surface area contributed by atoms with Crippen molar-refractivity contribution in [3.05, 3.63) is 0 Å². The lowest BCUT2D eigenvalue weighted by atomic mass is 9.88. The molecule has 0 rings (SSSR count). The summed E-state index contributed by atoms with van der Waals surface area (Å²) in [6.07, 6.45) is 28.4. The molecule has 0 aromatic carbocycles. The van der Waals surface area contributed by atoms with Gasteiger partial charge in [0.15, 0.2) is 0 Å². The number of unbranched alkanes of at least 4 members (excludes halogenated alkanes) is 16. The Morgan fingerprint density at radius 2 is 0.786 bits per heavy atom. The fraction of sp³-hybridized carbons (Fsp3) is 0.963. The van der Waals surface area contributed by atoms with E-state index in [9.17, 15) is 4.79 Å². The molecular weight excluding hydrogens is 340 g/mol. The van der Waals surface area contributed by atoms with Crippen LogP contribution >= 0.6 is 0 Å². The molecule has 1 unspecified atom stereocenters. The molecule has 0 fully saturated rings. The molecule has 1 heteroatoms. The lowest BCUT2D eigenvalue weighted by Crippen LogP contribution is -2.14. The highest BCUT2D eigenvalue weighted by Crippen LogP contribution is 2.22. The number of rotatable bonds is 23. The van der Waals surface area contributed by atoms with Crippen molar-refractivity contribution in [1.82, 2.24) is 0 Å². The van der Waals surface area contributed by atoms with Crippen LogP contribution in [0.3, 0.4) is 0 Å². The molecule has 0 aliphatic rings. The summed E-state index contributed by atoms with van der Waals surface area (Å²) < 4.78 is 0. The minimum atomic E-state index is 0.372. The minimum absolute atomic E-state index is 0.372. The van der Waals surface area contributed by atoms with Crippen LogP contribution < -0.4 is 0 Å². The van der Waals surface area contributed by atoms with Gasteiger partial charge in [0.25, 0.3) is 0 Å². The van der Waals surface area contributed by atoms with E-state index in [0.717, 1.165) is 25.7 Å². The number of carbonyl (C=O) groups excluding carboxylic acids is 1. The Morgan fingerprint density at radius 1 is 0.464 bits per heavy atom. The summed E-state index contributed by atoms with van der Waals surface area (Å²) in [5, 5.41) is 0. The highest BCUT2D eigenvalue weighted by molar-refractivity contribution is 5.80. The van der Waals surface area contributed by atoms with Crippen molar-refractivity contribution in [2.24, 2.45) is 5.92 Å². The molecule has 0 spiro atoms. The van der Waals surface area contributed by atoms with Gasteiger partial charge < -0.3 is 0 Å². The minimum Gasteiger partial charge on any atom is -0.299 e. The van der Waals surface area contributed by atoms with E-state index < -0.39 is 0 Å². The molecule has 0 amide bonds. The zero-order valence-electron chi connectivity index (χ0n) is 20.0. The second-order valence-electron chi connectivity index (χ2n) is 9.15. The summed E-state index contributed by atoms with van der Waals surface area (Å²) in [6, 6.07) is 0. The molecular formula is C27H54O. The average molecular weight is 395 g/mol. The van der Waals surface area contributed by atoms with Crippen molar-refractivity contribution in [3.63, 3.8) is 0 Å². The van der Waals surface area contributed by atoms with Gasteiger partial charge in [-0.2, -0.15) is 0 Å². The van der Waals surface area contributed by atoms with Gasteiger partial charge in [-0.1, -0.05) is 136 Å². The first-order chi connectivity index (χ1) is 13.8. The maximum absolute atomic E-state index is 12.8. The lowest BCUT2D eigenvalue weighted by Gasteiger charge is -2.16. The van der Waals surface area contributed by atoms with Crippen molar-refractivity contribution in [1.29, 1.82) is 0 Å². The third-order valence-corrected chi connectivity index (χ3v) is 6.29. The Balaban J connectivity index is 3.90. The van der Waals surface area contributed by atoms with Gasteiger partial charge in [0, 0.05) is 12.3 Å². The summed E-state index contributed by atoms with van der Waals surface area (Å²) in [5.74, 6) is 0.963. The molecule has 0 heterocycles. The standard InChI is InChI=1S/C27H54O/c1-4-7-10-13-15-16-17-19-22-25-27(28)26(23-20-12-9-6-3)24-21-18-14-11-8-5-2/h26H,4-25H2,1-3H3. The van der Waals surface area contributed by atoms with Gasteiger partial charge in [0.05, 0.1) is 0 Å². The molecule has 1 nitrogen and oxygen atoms in total. The fourth-order valence-electron chi connectivity index (χ4n) is 4.27. The molecule has 0 aromatic rings. The van der Waals surface area contributed by atoms with Gasteiger partial charge in [0.1, 0.15) is 5.78 Å². The van der Waals surface area contributed by atoms with Gasteiger partial charge in [-0.05, 0) is 19.3 Å². The van der Waals surface area contributed by atoms with Gasteiger partial charge in [-0.15, -0.1) is 0 Å². The summed E-state index contributed by atoms with van der Waals surface area (Å²) >= 11 is 0. The molecule has 0 radical (unpaired) electrons. The highest BCUT2D eigenvalue weighted by Gasteiger charge is 2.17. The van der Waals surface area contributed by atoms with E-state index in [-0.39, 0.29) is 0 Å². The highest BCUT2D eigenvalue weighted by atomic mass is 16.1. The third-order valence-electron chi connectivity index (χ3n) is 6.29. The van der Waals surface area contributed by atoms with E-state index in [0.29, 0.717) is 11.7 Å². The number of ketones is 1. The van der Waals surface area contributed by atoms with Crippen molar-refractivity contribution in [2.45, 2.75) is 162 Å². The largest absolute Gasteiger partial charge is 0.299 e. The number of Topliss-reactive ketones (excluding diaryl/α,β-unsaturated/α-hetero) is 1. The predicted octanol–water partition coefficient (Wildman–Crippen LogP) is 9.81. The zero-order chi connectivity index (χ0) is 20.7. The molecule has 0 saturated heterocycles. The Kier molecular flexibility index (Phi) is 22.7. The summed E-state index contributed by atoms with van der Waals surface area (Å²) in [5.41, 5.74) is 0. The van der Waals surface area contributed by atoms with Crippen molar-refractivity contribution < 1.29 is 4.79 Å². The number of hydrogen-bond acceptors (Lipinski definition) is 1. The predicted molar refractivity (Wildman–Crippen MR) is 127 cm³/mol. The lowest BCUT2D eigenvalue weighted by molar-refractivity contribution is -0.123. The molecule has 28 heavy (non-hydrogen) atoms. The van der Waals surface area contributed by atoms with E-state index in [4.69, 9.17) is 0 Å². The van der Waals surface area contributed by atoms with Gasteiger partial charge in [-0.3, -0.25) is 4.79 Å². The van der Waals surface area contributed by atoms with Crippen LogP contribution in [0.2, 0.25) is 0 Å². The fourth-order valence-corrected chi connectivity index (χ4v) is 4.27. The quantitative estimate of drug-likeness (QED) is 0.158. The molecule has 0 bridgehead atoms. The number of hydrogen-bond donors (Lipinski definition) is 0. The monoisotopic (exact) mass is 394 g/mol. The van der Waals surface area contributed by atoms with Crippen LogP contribution in [0.15, 0.2) is 0 Å². The second kappa shape index (κ2) is 23.0. The molecule has 0 aliphatic carbocycles. The van der Waals surface area contributed by atoms with Crippen molar-refractivity contribution in [2.75, 3.05) is 0 Å². The van der Waals surface area contributed by atoms with Crippen LogP contribution in [0.25, 0.3) is 0 Å².